The Morgan fingerprint density at radius 1 is 0.812 bits per heavy atom. The molecule has 0 unspecified atom stereocenters. The minimum absolute atomic E-state index is 0.0664. The molecule has 0 amide bonds. The van der Waals surface area contributed by atoms with Crippen molar-refractivity contribution in [3.63, 3.8) is 0 Å². The molecule has 0 radical (unpaired) electrons. The van der Waals surface area contributed by atoms with Gasteiger partial charge in [-0.15, -0.1) is 0 Å². The summed E-state index contributed by atoms with van der Waals surface area (Å²) in [5.41, 5.74) is 1.47. The molecule has 0 saturated carbocycles. The molecule has 0 bridgehead atoms. The molecular formula is C37H35N3O8. The van der Waals surface area contributed by atoms with E-state index in [0.29, 0.717) is 28.7 Å². The van der Waals surface area contributed by atoms with Crippen LogP contribution in [0.1, 0.15) is 22.9 Å². The fourth-order valence-corrected chi connectivity index (χ4v) is 6.32. The van der Waals surface area contributed by atoms with E-state index in [2.05, 4.69) is 10.3 Å². The third-order valence-corrected chi connectivity index (χ3v) is 8.77. The van der Waals surface area contributed by atoms with E-state index in [0.717, 1.165) is 16.7 Å². The molecule has 5 aromatic rings. The number of hydrogen-bond donors (Lipinski definition) is 2. The van der Waals surface area contributed by atoms with Crippen molar-refractivity contribution in [2.75, 3.05) is 33.3 Å². The highest BCUT2D eigenvalue weighted by molar-refractivity contribution is 5.72. The second-order valence-electron chi connectivity index (χ2n) is 11.4. The highest BCUT2D eigenvalue weighted by Gasteiger charge is 2.48. The molecule has 0 spiro atoms. The van der Waals surface area contributed by atoms with Gasteiger partial charge in [-0.05, 0) is 53.1 Å². The summed E-state index contributed by atoms with van der Waals surface area (Å²) in [5, 5.41) is 14.7. The maximum absolute atomic E-state index is 13.3. The molecule has 1 aromatic heterocycles. The number of nitrogens with one attached hydrogen (secondary N) is 1. The number of fused-ring (bicyclic) bond motifs is 2. The maximum atomic E-state index is 13.3. The van der Waals surface area contributed by atoms with Crippen molar-refractivity contribution in [2.45, 2.75) is 30.1 Å². The molecule has 4 aromatic carbocycles. The first kappa shape index (κ1) is 31.4. The number of hydrogen-bond acceptors (Lipinski definition) is 10. The summed E-state index contributed by atoms with van der Waals surface area (Å²) in [7, 11) is 4.69. The Labute approximate surface area is 277 Å². The largest absolute Gasteiger partial charge is 0.497 e. The number of methoxy groups -OCH3 is 3. The van der Waals surface area contributed by atoms with Gasteiger partial charge in [-0.3, -0.25) is 4.57 Å². The third-order valence-electron chi connectivity index (χ3n) is 8.77. The lowest BCUT2D eigenvalue weighted by atomic mass is 9.80. The average Bonchev–Trinajstić information content (AvgIpc) is 3.46. The van der Waals surface area contributed by atoms with Crippen molar-refractivity contribution in [3.8, 4) is 23.0 Å². The van der Waals surface area contributed by atoms with Crippen LogP contribution < -0.4 is 25.2 Å². The van der Waals surface area contributed by atoms with E-state index in [1.165, 1.54) is 17.9 Å². The standard InChI is InChI=1S/C37H35N3O8/c1-43-26-17-13-24(14-18-26)37(23-9-5-4-6-10-23,25-15-19-27(44-2)20-16-25)46-22-31-32(41)33(45-3)35(48-31)40-21-30-34(39-36(40)42)38-28-11-7-8-12-29(28)47-30/h4-21,31-33,35,41H,22H2,1-3H3,(H,38,39,42)/t31-,32-,33-,35-/m1/s1. The molecular weight excluding hydrogens is 614 g/mol. The van der Waals surface area contributed by atoms with Crippen molar-refractivity contribution in [3.05, 3.63) is 136 Å². The Hall–Kier alpha value is -5.20. The van der Waals surface area contributed by atoms with Gasteiger partial charge in [0.25, 0.3) is 0 Å². The highest BCUT2D eigenvalue weighted by Crippen LogP contribution is 2.44. The van der Waals surface area contributed by atoms with E-state index in [-0.39, 0.29) is 12.4 Å². The van der Waals surface area contributed by atoms with Crippen LogP contribution in [0.15, 0.2) is 114 Å². The zero-order valence-electron chi connectivity index (χ0n) is 26.6. The van der Waals surface area contributed by atoms with Gasteiger partial charge >= 0.3 is 5.69 Å². The topological polar surface area (TPSA) is 123 Å². The Bertz CT molecular complexity index is 1880. The van der Waals surface area contributed by atoms with E-state index in [1.54, 1.807) is 14.2 Å². The van der Waals surface area contributed by atoms with Gasteiger partial charge in [0.15, 0.2) is 23.5 Å². The Kier molecular flexibility index (Phi) is 8.59. The SMILES string of the molecule is COc1ccc(C(OC[C@H]2O[C@@H](n3cc4c(nc3=O)Nc3ccccc3O4)[C@H](OC)[C@@H]2O)(c2ccccc2)c2ccc(OC)cc2)cc1. The van der Waals surface area contributed by atoms with E-state index in [4.69, 9.17) is 28.4 Å². The second kappa shape index (κ2) is 13.1. The van der Waals surface area contributed by atoms with Gasteiger partial charge in [-0.2, -0.15) is 4.98 Å². The lowest BCUT2D eigenvalue weighted by Crippen LogP contribution is -2.40. The van der Waals surface area contributed by atoms with Crippen LogP contribution in [0, 0.1) is 0 Å². The van der Waals surface area contributed by atoms with Crippen molar-refractivity contribution >= 4 is 11.5 Å². The number of ether oxygens (including phenoxy) is 6. The molecule has 2 aliphatic rings. The number of para-hydroxylation sites is 2. The van der Waals surface area contributed by atoms with Crippen LogP contribution in [0.2, 0.25) is 0 Å². The summed E-state index contributed by atoms with van der Waals surface area (Å²) in [6, 6.07) is 32.5. The van der Waals surface area contributed by atoms with E-state index in [1.807, 2.05) is 103 Å². The normalized spacial score (nSPS) is 19.8. The molecule has 7 rings (SSSR count). The van der Waals surface area contributed by atoms with Crippen LogP contribution in [0.3, 0.4) is 0 Å². The monoisotopic (exact) mass is 649 g/mol. The molecule has 0 aliphatic carbocycles. The zero-order valence-corrected chi connectivity index (χ0v) is 26.6. The summed E-state index contributed by atoms with van der Waals surface area (Å²) in [6.45, 7) is -0.0664. The summed E-state index contributed by atoms with van der Waals surface area (Å²) in [5.74, 6) is 2.61. The fourth-order valence-electron chi connectivity index (χ4n) is 6.32. The molecule has 2 aliphatic heterocycles. The smallest absolute Gasteiger partial charge is 0.351 e. The van der Waals surface area contributed by atoms with Crippen LogP contribution in [0.25, 0.3) is 0 Å². The molecule has 1 saturated heterocycles. The van der Waals surface area contributed by atoms with Crippen LogP contribution in [-0.2, 0) is 19.8 Å². The van der Waals surface area contributed by atoms with Gasteiger partial charge in [0.1, 0.15) is 35.4 Å². The van der Waals surface area contributed by atoms with Crippen molar-refractivity contribution in [1.82, 2.24) is 9.55 Å². The molecule has 11 nitrogen and oxygen atoms in total. The Balaban J connectivity index is 1.24. The third kappa shape index (κ3) is 5.56. The van der Waals surface area contributed by atoms with Crippen LogP contribution in [0.4, 0.5) is 11.5 Å². The van der Waals surface area contributed by atoms with E-state index >= 15 is 0 Å². The molecule has 2 N–H and O–H groups in total. The van der Waals surface area contributed by atoms with Crippen molar-refractivity contribution < 1.29 is 33.5 Å². The maximum Gasteiger partial charge on any atom is 0.351 e. The van der Waals surface area contributed by atoms with Crippen LogP contribution in [0.5, 0.6) is 23.0 Å². The number of anilines is 2. The molecule has 246 valence electrons. The number of rotatable bonds is 10. The first-order valence-corrected chi connectivity index (χ1v) is 15.5. The Morgan fingerprint density at radius 3 is 2.04 bits per heavy atom. The Morgan fingerprint density at radius 2 is 1.42 bits per heavy atom. The number of benzene rings is 4. The summed E-state index contributed by atoms with van der Waals surface area (Å²) < 4.78 is 37.3. The molecule has 48 heavy (non-hydrogen) atoms. The average molecular weight is 650 g/mol. The predicted molar refractivity (Wildman–Crippen MR) is 177 cm³/mol. The lowest BCUT2D eigenvalue weighted by molar-refractivity contribution is -0.0967. The molecule has 11 heteroatoms. The molecule has 3 heterocycles. The van der Waals surface area contributed by atoms with Gasteiger partial charge in [0, 0.05) is 7.11 Å². The second-order valence-corrected chi connectivity index (χ2v) is 11.4. The first-order valence-electron chi connectivity index (χ1n) is 15.5. The lowest BCUT2D eigenvalue weighted by Gasteiger charge is -2.37. The summed E-state index contributed by atoms with van der Waals surface area (Å²) in [4.78, 5) is 17.5. The minimum Gasteiger partial charge on any atom is -0.497 e. The van der Waals surface area contributed by atoms with Crippen LogP contribution in [-0.4, -0.2) is 60.9 Å². The fraction of sp³-hybridized carbons (Fsp3) is 0.243. The van der Waals surface area contributed by atoms with Gasteiger partial charge in [-0.1, -0.05) is 66.7 Å². The number of aliphatic hydroxyl groups is 1. The molecule has 1 fully saturated rings. The predicted octanol–water partition coefficient (Wildman–Crippen LogP) is 5.39. The van der Waals surface area contributed by atoms with Gasteiger partial charge in [-0.25, -0.2) is 4.79 Å². The highest BCUT2D eigenvalue weighted by atomic mass is 16.6. The van der Waals surface area contributed by atoms with E-state index < -0.39 is 35.8 Å². The van der Waals surface area contributed by atoms with Crippen molar-refractivity contribution in [2.24, 2.45) is 0 Å². The molecule has 4 atom stereocenters. The summed E-state index contributed by atoms with van der Waals surface area (Å²) >= 11 is 0. The first-order chi connectivity index (χ1) is 23.4. The van der Waals surface area contributed by atoms with Crippen LogP contribution >= 0.6 is 0 Å². The van der Waals surface area contributed by atoms with Crippen molar-refractivity contribution in [1.29, 1.82) is 0 Å². The minimum atomic E-state index is -1.15. The zero-order chi connectivity index (χ0) is 33.3. The van der Waals surface area contributed by atoms with E-state index in [9.17, 15) is 9.90 Å². The summed E-state index contributed by atoms with van der Waals surface area (Å²) in [6.07, 6.45) is -2.44. The number of aromatic nitrogens is 2. The van der Waals surface area contributed by atoms with Gasteiger partial charge in [0.2, 0.25) is 0 Å². The number of nitrogens with zero attached hydrogens (tertiary/aromatic N) is 2. The number of aliphatic hydroxyl groups excluding tert-OH is 1. The van der Waals surface area contributed by atoms with Gasteiger partial charge in [0.05, 0.1) is 32.7 Å². The quantitative estimate of drug-likeness (QED) is 0.187. The van der Waals surface area contributed by atoms with Gasteiger partial charge < -0.3 is 38.8 Å².